The number of benzene rings is 1. The van der Waals surface area contributed by atoms with E-state index < -0.39 is 16.6 Å². The van der Waals surface area contributed by atoms with Gasteiger partial charge in [0.1, 0.15) is 11.3 Å². The van der Waals surface area contributed by atoms with E-state index in [0.29, 0.717) is 26.3 Å². The summed E-state index contributed by atoms with van der Waals surface area (Å²) in [6, 6.07) is 4.17. The number of ether oxygens (including phenoxy) is 1. The first-order chi connectivity index (χ1) is 9.09. The van der Waals surface area contributed by atoms with Crippen LogP contribution in [-0.2, 0) is 4.74 Å². The summed E-state index contributed by atoms with van der Waals surface area (Å²) in [5.74, 6) is -1.32. The highest BCUT2D eigenvalue weighted by molar-refractivity contribution is 5.95. The summed E-state index contributed by atoms with van der Waals surface area (Å²) in [7, 11) is 0. The van der Waals surface area contributed by atoms with Crippen molar-refractivity contribution in [1.29, 1.82) is 0 Å². The van der Waals surface area contributed by atoms with Gasteiger partial charge in [-0.1, -0.05) is 6.07 Å². The van der Waals surface area contributed by atoms with E-state index in [4.69, 9.17) is 9.84 Å². The van der Waals surface area contributed by atoms with Gasteiger partial charge in [-0.25, -0.2) is 9.80 Å². The number of rotatable bonds is 4. The third kappa shape index (κ3) is 2.98. The van der Waals surface area contributed by atoms with Crippen molar-refractivity contribution in [2.24, 2.45) is 0 Å². The topological polar surface area (TPSA) is 105 Å². The minimum absolute atomic E-state index is 0.173. The van der Waals surface area contributed by atoms with E-state index in [2.05, 4.69) is 5.43 Å². The summed E-state index contributed by atoms with van der Waals surface area (Å²) in [5.41, 5.74) is 2.29. The maximum Gasteiger partial charge on any atom is 0.342 e. The molecule has 1 aromatic rings. The Kier molecular flexibility index (Phi) is 3.93. The molecule has 0 bridgehead atoms. The summed E-state index contributed by atoms with van der Waals surface area (Å²) >= 11 is 0. The highest BCUT2D eigenvalue weighted by atomic mass is 16.6. The molecule has 2 rings (SSSR count). The highest BCUT2D eigenvalue weighted by Crippen LogP contribution is 2.29. The number of carboxylic acids is 1. The summed E-state index contributed by atoms with van der Waals surface area (Å²) in [4.78, 5) is 21.4. The summed E-state index contributed by atoms with van der Waals surface area (Å²) in [5, 5.41) is 21.8. The van der Waals surface area contributed by atoms with Gasteiger partial charge < -0.3 is 15.3 Å². The number of para-hydroxylation sites is 1. The molecule has 19 heavy (non-hydrogen) atoms. The Labute approximate surface area is 108 Å². The van der Waals surface area contributed by atoms with E-state index in [-0.39, 0.29) is 11.3 Å². The first-order valence-electron chi connectivity index (χ1n) is 5.69. The SMILES string of the molecule is O=C(O)c1cccc(NN2CCOCC2)c1[N+](=O)[O-]. The van der Waals surface area contributed by atoms with Crippen LogP contribution in [0.25, 0.3) is 0 Å². The molecule has 1 heterocycles. The first kappa shape index (κ1) is 13.2. The van der Waals surface area contributed by atoms with Crippen molar-refractivity contribution in [2.45, 2.75) is 0 Å². The largest absolute Gasteiger partial charge is 0.477 e. The van der Waals surface area contributed by atoms with Gasteiger partial charge in [-0.15, -0.1) is 0 Å². The molecule has 1 aliphatic heterocycles. The summed E-state index contributed by atoms with van der Waals surface area (Å²) in [6.07, 6.45) is 0. The smallest absolute Gasteiger partial charge is 0.342 e. The molecule has 1 saturated heterocycles. The van der Waals surface area contributed by atoms with Crippen LogP contribution in [0.1, 0.15) is 10.4 Å². The molecule has 1 aliphatic rings. The van der Waals surface area contributed by atoms with E-state index in [1.165, 1.54) is 18.2 Å². The Morgan fingerprint density at radius 3 is 2.68 bits per heavy atom. The number of aromatic carboxylic acids is 1. The van der Waals surface area contributed by atoms with Gasteiger partial charge in [0.05, 0.1) is 18.1 Å². The summed E-state index contributed by atoms with van der Waals surface area (Å²) < 4.78 is 5.17. The van der Waals surface area contributed by atoms with Crippen LogP contribution in [0.15, 0.2) is 18.2 Å². The van der Waals surface area contributed by atoms with Crippen molar-refractivity contribution in [3.63, 3.8) is 0 Å². The van der Waals surface area contributed by atoms with Gasteiger partial charge in [-0.05, 0) is 12.1 Å². The lowest BCUT2D eigenvalue weighted by Crippen LogP contribution is -2.40. The van der Waals surface area contributed by atoms with Gasteiger partial charge in [-0.2, -0.15) is 0 Å². The lowest BCUT2D eigenvalue weighted by atomic mass is 10.1. The number of hydrazine groups is 1. The van der Waals surface area contributed by atoms with E-state index in [9.17, 15) is 14.9 Å². The van der Waals surface area contributed by atoms with Crippen molar-refractivity contribution in [2.75, 3.05) is 31.7 Å². The fourth-order valence-electron chi connectivity index (χ4n) is 1.85. The molecule has 0 spiro atoms. The van der Waals surface area contributed by atoms with Crippen molar-refractivity contribution in [3.05, 3.63) is 33.9 Å². The molecule has 0 aliphatic carbocycles. The average molecular weight is 267 g/mol. The Hall–Kier alpha value is -2.19. The Morgan fingerprint density at radius 2 is 2.11 bits per heavy atom. The molecule has 1 fully saturated rings. The number of anilines is 1. The van der Waals surface area contributed by atoms with E-state index in [0.717, 1.165) is 0 Å². The van der Waals surface area contributed by atoms with Crippen molar-refractivity contribution < 1.29 is 19.6 Å². The maximum absolute atomic E-state index is 11.0. The van der Waals surface area contributed by atoms with Gasteiger partial charge in [0, 0.05) is 13.1 Å². The first-order valence-corrected chi connectivity index (χ1v) is 5.69. The lowest BCUT2D eigenvalue weighted by Gasteiger charge is -2.27. The van der Waals surface area contributed by atoms with Gasteiger partial charge in [-0.3, -0.25) is 10.1 Å². The van der Waals surface area contributed by atoms with Crippen molar-refractivity contribution >= 4 is 17.3 Å². The second-order valence-electron chi connectivity index (χ2n) is 3.98. The molecule has 0 amide bonds. The van der Waals surface area contributed by atoms with Gasteiger partial charge in [0.15, 0.2) is 0 Å². The van der Waals surface area contributed by atoms with Gasteiger partial charge in [0.2, 0.25) is 0 Å². The van der Waals surface area contributed by atoms with Crippen LogP contribution in [0.4, 0.5) is 11.4 Å². The Bertz CT molecular complexity index is 499. The molecule has 0 aromatic heterocycles. The lowest BCUT2D eigenvalue weighted by molar-refractivity contribution is -0.384. The molecule has 0 atom stereocenters. The summed E-state index contributed by atoms with van der Waals surface area (Å²) in [6.45, 7) is 2.21. The average Bonchev–Trinajstić information content (AvgIpc) is 2.39. The fraction of sp³-hybridized carbons (Fsp3) is 0.364. The van der Waals surface area contributed by atoms with E-state index in [1.807, 2.05) is 0 Å². The zero-order valence-corrected chi connectivity index (χ0v) is 10.0. The number of nitro groups is 1. The number of hydrogen-bond acceptors (Lipinski definition) is 6. The minimum atomic E-state index is -1.32. The fourth-order valence-corrected chi connectivity index (χ4v) is 1.85. The molecule has 8 heteroatoms. The number of hydrogen-bond donors (Lipinski definition) is 2. The van der Waals surface area contributed by atoms with Gasteiger partial charge >= 0.3 is 11.7 Å². The second kappa shape index (κ2) is 5.63. The Morgan fingerprint density at radius 1 is 1.42 bits per heavy atom. The van der Waals surface area contributed by atoms with Crippen molar-refractivity contribution in [1.82, 2.24) is 5.01 Å². The molecule has 0 unspecified atom stereocenters. The van der Waals surface area contributed by atoms with Crippen LogP contribution >= 0.6 is 0 Å². The molecule has 1 aromatic carbocycles. The number of nitro benzene ring substituents is 1. The monoisotopic (exact) mass is 267 g/mol. The van der Waals surface area contributed by atoms with E-state index >= 15 is 0 Å². The molecular formula is C11H13N3O5. The number of nitrogens with zero attached hydrogens (tertiary/aromatic N) is 2. The van der Waals surface area contributed by atoms with Crippen molar-refractivity contribution in [3.8, 4) is 0 Å². The predicted molar refractivity (Wildman–Crippen MR) is 66.1 cm³/mol. The number of morpholine rings is 1. The highest BCUT2D eigenvalue weighted by Gasteiger charge is 2.25. The zero-order chi connectivity index (χ0) is 13.8. The standard InChI is InChI=1S/C11H13N3O5/c15-11(16)8-2-1-3-9(10(8)14(17)18)12-13-4-6-19-7-5-13/h1-3,12H,4-7H2,(H,15,16). The quantitative estimate of drug-likeness (QED) is 0.618. The Balaban J connectivity index is 2.30. The van der Waals surface area contributed by atoms with Crippen LogP contribution < -0.4 is 5.43 Å². The molecule has 0 saturated carbocycles. The number of nitrogens with one attached hydrogen (secondary N) is 1. The van der Waals surface area contributed by atoms with Crippen LogP contribution in [0.3, 0.4) is 0 Å². The predicted octanol–water partition coefficient (Wildman–Crippen LogP) is 0.952. The third-order valence-corrected chi connectivity index (χ3v) is 2.74. The number of carboxylic acid groups (broad SMARTS) is 1. The van der Waals surface area contributed by atoms with Crippen LogP contribution in [-0.4, -0.2) is 47.3 Å². The van der Waals surface area contributed by atoms with Crippen LogP contribution in [0.2, 0.25) is 0 Å². The molecule has 102 valence electrons. The second-order valence-corrected chi connectivity index (χ2v) is 3.98. The van der Waals surface area contributed by atoms with Crippen LogP contribution in [0, 0.1) is 10.1 Å². The minimum Gasteiger partial charge on any atom is -0.477 e. The van der Waals surface area contributed by atoms with Crippen LogP contribution in [0.5, 0.6) is 0 Å². The van der Waals surface area contributed by atoms with E-state index in [1.54, 1.807) is 5.01 Å². The molecule has 0 radical (unpaired) electrons. The molecule has 2 N–H and O–H groups in total. The zero-order valence-electron chi connectivity index (χ0n) is 10.0. The van der Waals surface area contributed by atoms with Gasteiger partial charge in [0.25, 0.3) is 0 Å². The third-order valence-electron chi connectivity index (χ3n) is 2.74. The number of carbonyl (C=O) groups is 1. The molecule has 8 nitrogen and oxygen atoms in total. The molecular weight excluding hydrogens is 254 g/mol. The maximum atomic E-state index is 11.0. The normalized spacial score (nSPS) is 16.0.